The lowest BCUT2D eigenvalue weighted by Gasteiger charge is -2.39. The molecule has 3 aromatic carbocycles. The Balaban J connectivity index is 1.56. The number of pyridine rings is 1. The van der Waals surface area contributed by atoms with Crippen molar-refractivity contribution in [1.29, 1.82) is 0 Å². The standard InChI is InChI=1S/C30H31N3O3/c1-4-19(2)31-30(36)24-17-20(3)33(27-16-10-5-11-21(24)27)28(34)18-32-25-14-8-6-12-22(25)29(35)23-13-7-9-15-26(23)32/h5-16,19-20,24H,4,17-18H2,1-3H3,(H,31,36)/t19-,20+,24-/m0/s1. The summed E-state index contributed by atoms with van der Waals surface area (Å²) in [7, 11) is 0. The van der Waals surface area contributed by atoms with E-state index in [1.807, 2.05) is 103 Å². The molecule has 4 aromatic rings. The van der Waals surface area contributed by atoms with E-state index in [1.165, 1.54) is 0 Å². The van der Waals surface area contributed by atoms with Crippen LogP contribution in [0.4, 0.5) is 5.69 Å². The van der Waals surface area contributed by atoms with E-state index in [0.717, 1.165) is 28.7 Å². The molecule has 0 radical (unpaired) electrons. The maximum Gasteiger partial charge on any atom is 0.247 e. The molecule has 5 rings (SSSR count). The lowest BCUT2D eigenvalue weighted by molar-refractivity contribution is -0.124. The number of hydrogen-bond acceptors (Lipinski definition) is 3. The minimum Gasteiger partial charge on any atom is -0.353 e. The Bertz CT molecular complexity index is 1460. The zero-order valence-electron chi connectivity index (χ0n) is 20.9. The topological polar surface area (TPSA) is 71.4 Å². The lowest BCUT2D eigenvalue weighted by atomic mass is 9.85. The number of fused-ring (bicyclic) bond motifs is 3. The molecular formula is C30H31N3O3. The second-order valence-corrected chi connectivity index (χ2v) is 9.73. The van der Waals surface area contributed by atoms with Gasteiger partial charge < -0.3 is 14.8 Å². The molecule has 3 atom stereocenters. The van der Waals surface area contributed by atoms with Crippen molar-refractivity contribution in [3.63, 3.8) is 0 Å². The van der Waals surface area contributed by atoms with Gasteiger partial charge in [0.1, 0.15) is 6.54 Å². The van der Waals surface area contributed by atoms with Crippen LogP contribution in [-0.4, -0.2) is 28.5 Å². The predicted octanol–water partition coefficient (Wildman–Crippen LogP) is 4.98. The molecule has 0 unspecified atom stereocenters. The number of nitrogens with zero attached hydrogens (tertiary/aromatic N) is 2. The minimum absolute atomic E-state index is 0.00754. The smallest absolute Gasteiger partial charge is 0.247 e. The third-order valence-corrected chi connectivity index (χ3v) is 7.35. The molecule has 0 saturated carbocycles. The van der Waals surface area contributed by atoms with Crippen molar-refractivity contribution < 1.29 is 9.59 Å². The van der Waals surface area contributed by atoms with E-state index >= 15 is 0 Å². The molecule has 0 saturated heterocycles. The molecule has 1 N–H and O–H groups in total. The molecule has 0 spiro atoms. The summed E-state index contributed by atoms with van der Waals surface area (Å²) in [6.45, 7) is 6.14. The third kappa shape index (κ3) is 4.06. The van der Waals surface area contributed by atoms with E-state index in [-0.39, 0.29) is 41.8 Å². The summed E-state index contributed by atoms with van der Waals surface area (Å²) in [4.78, 5) is 42.0. The number of anilines is 1. The zero-order chi connectivity index (χ0) is 25.4. The molecule has 6 heteroatoms. The average molecular weight is 482 g/mol. The first-order valence-electron chi connectivity index (χ1n) is 12.6. The van der Waals surface area contributed by atoms with Gasteiger partial charge >= 0.3 is 0 Å². The first-order valence-corrected chi connectivity index (χ1v) is 12.6. The van der Waals surface area contributed by atoms with E-state index in [2.05, 4.69) is 5.32 Å². The van der Waals surface area contributed by atoms with Crippen molar-refractivity contribution in [2.75, 3.05) is 4.90 Å². The highest BCUT2D eigenvalue weighted by Gasteiger charge is 2.37. The fraction of sp³-hybridized carbons (Fsp3) is 0.300. The van der Waals surface area contributed by atoms with E-state index in [0.29, 0.717) is 17.2 Å². The molecule has 2 heterocycles. The Hall–Kier alpha value is -3.93. The number of amides is 2. The molecule has 36 heavy (non-hydrogen) atoms. The molecular weight excluding hydrogens is 450 g/mol. The van der Waals surface area contributed by atoms with Gasteiger partial charge in [0.25, 0.3) is 0 Å². The quantitative estimate of drug-likeness (QED) is 0.409. The number of rotatable bonds is 5. The van der Waals surface area contributed by atoms with Gasteiger partial charge in [0.15, 0.2) is 5.43 Å². The van der Waals surface area contributed by atoms with Crippen LogP contribution in [0.15, 0.2) is 77.6 Å². The number of carbonyl (C=O) groups is 2. The molecule has 6 nitrogen and oxygen atoms in total. The molecule has 1 aromatic heterocycles. The van der Waals surface area contributed by atoms with Crippen LogP contribution in [0.5, 0.6) is 0 Å². The van der Waals surface area contributed by atoms with Gasteiger partial charge in [-0.1, -0.05) is 49.4 Å². The van der Waals surface area contributed by atoms with Crippen LogP contribution in [-0.2, 0) is 16.1 Å². The second-order valence-electron chi connectivity index (χ2n) is 9.73. The lowest BCUT2D eigenvalue weighted by Crippen LogP contribution is -2.48. The van der Waals surface area contributed by atoms with Crippen molar-refractivity contribution in [2.45, 2.75) is 58.2 Å². The van der Waals surface area contributed by atoms with Gasteiger partial charge in [-0.05, 0) is 62.6 Å². The van der Waals surface area contributed by atoms with Gasteiger partial charge in [0.2, 0.25) is 11.8 Å². The third-order valence-electron chi connectivity index (χ3n) is 7.35. The minimum atomic E-state index is -0.302. The number of benzene rings is 3. The van der Waals surface area contributed by atoms with E-state index in [9.17, 15) is 14.4 Å². The SMILES string of the molecule is CC[C@H](C)NC(=O)[C@H]1C[C@@H](C)N(C(=O)Cn2c3ccccc3c(=O)c3ccccc32)c2ccccc21. The van der Waals surface area contributed by atoms with Gasteiger partial charge in [0.05, 0.1) is 17.0 Å². The Morgan fingerprint density at radius 3 is 2.17 bits per heavy atom. The summed E-state index contributed by atoms with van der Waals surface area (Å²) in [5, 5.41) is 4.30. The maximum atomic E-state index is 13.9. The van der Waals surface area contributed by atoms with Gasteiger partial charge in [0, 0.05) is 28.5 Å². The van der Waals surface area contributed by atoms with Crippen LogP contribution in [0, 0.1) is 0 Å². The molecule has 1 aliphatic rings. The van der Waals surface area contributed by atoms with Gasteiger partial charge in [-0.2, -0.15) is 0 Å². The summed E-state index contributed by atoms with van der Waals surface area (Å²) < 4.78 is 1.94. The zero-order valence-corrected chi connectivity index (χ0v) is 20.9. The van der Waals surface area contributed by atoms with Crippen LogP contribution in [0.1, 0.15) is 45.1 Å². The first-order chi connectivity index (χ1) is 17.4. The highest BCUT2D eigenvalue weighted by atomic mass is 16.2. The van der Waals surface area contributed by atoms with Gasteiger partial charge in [-0.3, -0.25) is 14.4 Å². The van der Waals surface area contributed by atoms with Crippen molar-refractivity contribution in [1.82, 2.24) is 9.88 Å². The van der Waals surface area contributed by atoms with Gasteiger partial charge in [-0.15, -0.1) is 0 Å². The summed E-state index contributed by atoms with van der Waals surface area (Å²) in [5.41, 5.74) is 3.09. The number of carbonyl (C=O) groups excluding carboxylic acids is 2. The summed E-state index contributed by atoms with van der Waals surface area (Å²) >= 11 is 0. The van der Waals surface area contributed by atoms with Crippen molar-refractivity contribution in [3.8, 4) is 0 Å². The Labute approximate surface area is 210 Å². The number of nitrogens with one attached hydrogen (secondary N) is 1. The second kappa shape index (κ2) is 9.61. The van der Waals surface area contributed by atoms with Crippen LogP contribution in [0.25, 0.3) is 21.8 Å². The summed E-state index contributed by atoms with van der Waals surface area (Å²) in [6.07, 6.45) is 1.41. The highest BCUT2D eigenvalue weighted by molar-refractivity contribution is 6.00. The van der Waals surface area contributed by atoms with Crippen LogP contribution in [0.2, 0.25) is 0 Å². The number of hydrogen-bond donors (Lipinski definition) is 1. The largest absolute Gasteiger partial charge is 0.353 e. The Morgan fingerprint density at radius 1 is 0.944 bits per heavy atom. The Kier molecular flexibility index (Phi) is 6.35. The molecule has 2 amide bonds. The Morgan fingerprint density at radius 2 is 1.53 bits per heavy atom. The summed E-state index contributed by atoms with van der Waals surface area (Å²) in [6, 6.07) is 22.5. The van der Waals surface area contributed by atoms with Crippen molar-refractivity contribution in [3.05, 3.63) is 88.6 Å². The number of para-hydroxylation sites is 3. The molecule has 0 fully saturated rings. The van der Waals surface area contributed by atoms with E-state index in [4.69, 9.17) is 0 Å². The van der Waals surface area contributed by atoms with Crippen molar-refractivity contribution >= 4 is 39.3 Å². The summed E-state index contributed by atoms with van der Waals surface area (Å²) in [5.74, 6) is -0.369. The van der Waals surface area contributed by atoms with Crippen molar-refractivity contribution in [2.24, 2.45) is 0 Å². The van der Waals surface area contributed by atoms with E-state index in [1.54, 1.807) is 0 Å². The maximum absolute atomic E-state index is 13.9. The highest BCUT2D eigenvalue weighted by Crippen LogP contribution is 2.39. The van der Waals surface area contributed by atoms with Crippen LogP contribution >= 0.6 is 0 Å². The molecule has 0 bridgehead atoms. The molecule has 1 aliphatic heterocycles. The van der Waals surface area contributed by atoms with Crippen LogP contribution in [0.3, 0.4) is 0 Å². The average Bonchev–Trinajstić information content (AvgIpc) is 2.90. The first kappa shape index (κ1) is 23.8. The predicted molar refractivity (Wildman–Crippen MR) is 144 cm³/mol. The van der Waals surface area contributed by atoms with Gasteiger partial charge in [-0.25, -0.2) is 0 Å². The fourth-order valence-electron chi connectivity index (χ4n) is 5.35. The molecule has 184 valence electrons. The monoisotopic (exact) mass is 481 g/mol. The van der Waals surface area contributed by atoms with Crippen LogP contribution < -0.4 is 15.6 Å². The normalized spacial score (nSPS) is 18.1. The van der Waals surface area contributed by atoms with E-state index < -0.39 is 0 Å². The molecule has 0 aliphatic carbocycles. The number of aromatic nitrogens is 1. The fourth-order valence-corrected chi connectivity index (χ4v) is 5.35.